The summed E-state index contributed by atoms with van der Waals surface area (Å²) in [5.74, 6) is 0.705. The van der Waals surface area contributed by atoms with E-state index in [1.165, 1.54) is 6.42 Å². The zero-order valence-corrected chi connectivity index (χ0v) is 12.4. The van der Waals surface area contributed by atoms with Crippen LogP contribution in [0.2, 0.25) is 5.02 Å². The molecule has 0 saturated heterocycles. The van der Waals surface area contributed by atoms with E-state index in [2.05, 4.69) is 48.1 Å². The third-order valence-corrected chi connectivity index (χ3v) is 3.72. The van der Waals surface area contributed by atoms with Crippen molar-refractivity contribution in [1.82, 2.24) is 5.32 Å². The number of rotatable bonds is 5. The fraction of sp³-hybridized carbons (Fsp3) is 0.538. The van der Waals surface area contributed by atoms with Crippen molar-refractivity contribution in [2.45, 2.75) is 33.2 Å². The quantitative estimate of drug-likeness (QED) is 0.824. The van der Waals surface area contributed by atoms with Gasteiger partial charge in [0, 0.05) is 15.5 Å². The Kier molecular flexibility index (Phi) is 5.81. The van der Waals surface area contributed by atoms with Crippen LogP contribution in [0.15, 0.2) is 22.7 Å². The average molecular weight is 305 g/mol. The van der Waals surface area contributed by atoms with Crippen molar-refractivity contribution < 1.29 is 0 Å². The molecule has 0 fully saturated rings. The van der Waals surface area contributed by atoms with Gasteiger partial charge < -0.3 is 5.32 Å². The Bertz CT molecular complexity index is 341. The van der Waals surface area contributed by atoms with E-state index in [0.29, 0.717) is 12.0 Å². The summed E-state index contributed by atoms with van der Waals surface area (Å²) >= 11 is 9.62. The first-order valence-corrected chi connectivity index (χ1v) is 6.90. The number of halogens is 2. The lowest BCUT2D eigenvalue weighted by Crippen LogP contribution is -2.24. The first-order chi connectivity index (χ1) is 7.54. The van der Waals surface area contributed by atoms with Crippen LogP contribution in [0.5, 0.6) is 0 Å². The highest BCUT2D eigenvalue weighted by atomic mass is 79.9. The fourth-order valence-corrected chi connectivity index (χ4v) is 2.32. The standard InChI is InChI=1S/C13H19BrClN/c1-4-9(2)8-16-10(3)12-6-5-11(14)7-13(12)15/h5-7,9-10,16H,4,8H2,1-3H3. The molecular weight excluding hydrogens is 286 g/mol. The van der Waals surface area contributed by atoms with Crippen molar-refractivity contribution in [1.29, 1.82) is 0 Å². The third kappa shape index (κ3) is 4.08. The lowest BCUT2D eigenvalue weighted by Gasteiger charge is -2.18. The van der Waals surface area contributed by atoms with Crippen LogP contribution in [0.3, 0.4) is 0 Å². The van der Waals surface area contributed by atoms with Crippen LogP contribution in [0.25, 0.3) is 0 Å². The van der Waals surface area contributed by atoms with Crippen molar-refractivity contribution >= 4 is 27.5 Å². The van der Waals surface area contributed by atoms with Crippen molar-refractivity contribution in [3.05, 3.63) is 33.3 Å². The third-order valence-electron chi connectivity index (χ3n) is 2.90. The van der Waals surface area contributed by atoms with E-state index in [0.717, 1.165) is 21.6 Å². The van der Waals surface area contributed by atoms with Gasteiger partial charge in [-0.1, -0.05) is 53.9 Å². The molecule has 3 heteroatoms. The Morgan fingerprint density at radius 2 is 2.06 bits per heavy atom. The molecule has 0 aliphatic rings. The predicted molar refractivity (Wildman–Crippen MR) is 75.0 cm³/mol. The van der Waals surface area contributed by atoms with Crippen molar-refractivity contribution in [3.8, 4) is 0 Å². The van der Waals surface area contributed by atoms with E-state index < -0.39 is 0 Å². The molecule has 2 atom stereocenters. The Labute approximate surface area is 112 Å². The maximum Gasteiger partial charge on any atom is 0.0464 e. The van der Waals surface area contributed by atoms with Crippen LogP contribution in [0.4, 0.5) is 0 Å². The summed E-state index contributed by atoms with van der Waals surface area (Å²) in [6, 6.07) is 6.34. The molecule has 90 valence electrons. The zero-order chi connectivity index (χ0) is 12.1. The molecular formula is C13H19BrClN. The zero-order valence-electron chi connectivity index (χ0n) is 10.1. The van der Waals surface area contributed by atoms with Crippen molar-refractivity contribution in [2.24, 2.45) is 5.92 Å². The maximum absolute atomic E-state index is 6.20. The van der Waals surface area contributed by atoms with Crippen LogP contribution in [0, 0.1) is 5.92 Å². The Hall–Kier alpha value is -0.0500. The number of benzene rings is 1. The molecule has 2 unspecified atom stereocenters. The summed E-state index contributed by atoms with van der Waals surface area (Å²) in [5.41, 5.74) is 1.16. The van der Waals surface area contributed by atoms with E-state index in [1.54, 1.807) is 0 Å². The van der Waals surface area contributed by atoms with Crippen LogP contribution < -0.4 is 5.32 Å². The summed E-state index contributed by atoms with van der Waals surface area (Å²) in [5, 5.41) is 4.33. The van der Waals surface area contributed by atoms with Crippen molar-refractivity contribution in [3.63, 3.8) is 0 Å². The summed E-state index contributed by atoms with van der Waals surface area (Å²) in [6.07, 6.45) is 1.20. The lowest BCUT2D eigenvalue weighted by molar-refractivity contribution is 0.461. The maximum atomic E-state index is 6.20. The minimum atomic E-state index is 0.301. The van der Waals surface area contributed by atoms with Gasteiger partial charge in [-0.25, -0.2) is 0 Å². The highest BCUT2D eigenvalue weighted by Gasteiger charge is 2.10. The monoisotopic (exact) mass is 303 g/mol. The summed E-state index contributed by atoms with van der Waals surface area (Å²) in [4.78, 5) is 0. The SMILES string of the molecule is CCC(C)CNC(C)c1ccc(Br)cc1Cl. The highest BCUT2D eigenvalue weighted by Crippen LogP contribution is 2.26. The number of nitrogens with one attached hydrogen (secondary N) is 1. The average Bonchev–Trinajstić information content (AvgIpc) is 2.25. The minimum absolute atomic E-state index is 0.301. The van der Waals surface area contributed by atoms with E-state index in [9.17, 15) is 0 Å². The Morgan fingerprint density at radius 3 is 2.62 bits per heavy atom. The summed E-state index contributed by atoms with van der Waals surface area (Å²) in [7, 11) is 0. The summed E-state index contributed by atoms with van der Waals surface area (Å²) in [6.45, 7) is 7.65. The van der Waals surface area contributed by atoms with Gasteiger partial charge in [0.05, 0.1) is 0 Å². The first-order valence-electron chi connectivity index (χ1n) is 5.73. The van der Waals surface area contributed by atoms with E-state index in [1.807, 2.05) is 12.1 Å². The predicted octanol–water partition coefficient (Wildman–Crippen LogP) is 4.80. The largest absolute Gasteiger partial charge is 0.310 e. The Balaban J connectivity index is 2.62. The number of hydrogen-bond donors (Lipinski definition) is 1. The summed E-state index contributed by atoms with van der Waals surface area (Å²) < 4.78 is 1.02. The highest BCUT2D eigenvalue weighted by molar-refractivity contribution is 9.10. The molecule has 1 aromatic rings. The molecule has 1 aromatic carbocycles. The second-order valence-electron chi connectivity index (χ2n) is 4.31. The molecule has 1 nitrogen and oxygen atoms in total. The van der Waals surface area contributed by atoms with E-state index >= 15 is 0 Å². The van der Waals surface area contributed by atoms with Crippen LogP contribution in [-0.4, -0.2) is 6.54 Å². The van der Waals surface area contributed by atoms with Gasteiger partial charge in [0.1, 0.15) is 0 Å². The molecule has 0 aromatic heterocycles. The molecule has 1 rings (SSSR count). The minimum Gasteiger partial charge on any atom is -0.310 e. The topological polar surface area (TPSA) is 12.0 Å². The second kappa shape index (κ2) is 6.63. The lowest BCUT2D eigenvalue weighted by atomic mass is 10.1. The van der Waals surface area contributed by atoms with E-state index in [4.69, 9.17) is 11.6 Å². The Morgan fingerprint density at radius 1 is 1.38 bits per heavy atom. The fourth-order valence-electron chi connectivity index (χ4n) is 1.48. The van der Waals surface area contributed by atoms with Gasteiger partial charge in [0.25, 0.3) is 0 Å². The second-order valence-corrected chi connectivity index (χ2v) is 5.63. The smallest absolute Gasteiger partial charge is 0.0464 e. The van der Waals surface area contributed by atoms with Crippen LogP contribution in [-0.2, 0) is 0 Å². The van der Waals surface area contributed by atoms with Crippen LogP contribution >= 0.6 is 27.5 Å². The molecule has 16 heavy (non-hydrogen) atoms. The molecule has 1 N–H and O–H groups in total. The normalized spacial score (nSPS) is 14.8. The van der Waals surface area contributed by atoms with Gasteiger partial charge >= 0.3 is 0 Å². The van der Waals surface area contributed by atoms with Gasteiger partial charge in [-0.05, 0) is 37.1 Å². The van der Waals surface area contributed by atoms with Gasteiger partial charge in [-0.2, -0.15) is 0 Å². The molecule has 0 radical (unpaired) electrons. The van der Waals surface area contributed by atoms with Crippen molar-refractivity contribution in [2.75, 3.05) is 6.54 Å². The van der Waals surface area contributed by atoms with Gasteiger partial charge in [0.15, 0.2) is 0 Å². The van der Waals surface area contributed by atoms with E-state index in [-0.39, 0.29) is 0 Å². The van der Waals surface area contributed by atoms with Gasteiger partial charge in [-0.3, -0.25) is 0 Å². The molecule has 0 amide bonds. The molecule has 0 aliphatic heterocycles. The van der Waals surface area contributed by atoms with Gasteiger partial charge in [0.2, 0.25) is 0 Å². The molecule has 0 aliphatic carbocycles. The molecule has 0 heterocycles. The van der Waals surface area contributed by atoms with Crippen LogP contribution in [0.1, 0.15) is 38.8 Å². The molecule has 0 spiro atoms. The number of hydrogen-bond acceptors (Lipinski definition) is 1. The molecule has 0 bridgehead atoms. The molecule has 0 saturated carbocycles. The van der Waals surface area contributed by atoms with Gasteiger partial charge in [-0.15, -0.1) is 0 Å². The first kappa shape index (κ1) is 14.0.